The molecule has 1 rings (SSSR count). The van der Waals surface area contributed by atoms with Crippen LogP contribution in [0.3, 0.4) is 0 Å². The molecule has 0 aliphatic carbocycles. The smallest absolute Gasteiger partial charge is 0.313 e. The van der Waals surface area contributed by atoms with Crippen LogP contribution in [0, 0.1) is 0 Å². The zero-order valence-electron chi connectivity index (χ0n) is 13.6. The molecule has 1 atom stereocenters. The summed E-state index contributed by atoms with van der Waals surface area (Å²) in [5.74, 6) is -1.59. The van der Waals surface area contributed by atoms with E-state index in [9.17, 15) is 14.4 Å². The van der Waals surface area contributed by atoms with Crippen LogP contribution in [0.2, 0.25) is 0 Å². The molecule has 1 aromatic rings. The third-order valence-corrected chi connectivity index (χ3v) is 3.26. The van der Waals surface area contributed by atoms with Crippen LogP contribution in [0.5, 0.6) is 0 Å². The van der Waals surface area contributed by atoms with E-state index in [1.165, 1.54) is 0 Å². The summed E-state index contributed by atoms with van der Waals surface area (Å²) in [6.45, 7) is 3.89. The van der Waals surface area contributed by atoms with Gasteiger partial charge in [-0.15, -0.1) is 0 Å². The van der Waals surface area contributed by atoms with Gasteiger partial charge in [-0.3, -0.25) is 14.4 Å². The van der Waals surface area contributed by atoms with Crippen LogP contribution in [0.1, 0.15) is 38.2 Å². The van der Waals surface area contributed by atoms with Crippen molar-refractivity contribution in [3.05, 3.63) is 35.9 Å². The molecule has 0 aliphatic heterocycles. The Hall–Kier alpha value is -2.37. The van der Waals surface area contributed by atoms with Gasteiger partial charge in [-0.05, 0) is 18.4 Å². The fraction of sp³-hybridized carbons (Fsp3) is 0.471. The highest BCUT2D eigenvalue weighted by molar-refractivity contribution is 5.87. The molecular formula is C17H24N2O4. The molecule has 126 valence electrons. The highest BCUT2D eigenvalue weighted by atomic mass is 16.5. The standard InChI is InChI=1S/C17H24N2O4/c1-3-10-18-15(20)11-19-16(21)12-23-17(22)14(4-2)13-8-6-5-7-9-13/h5-9,14H,3-4,10-12H2,1-2H3,(H,18,20)(H,19,21)/t14-/m1/s1. The molecular weight excluding hydrogens is 296 g/mol. The summed E-state index contributed by atoms with van der Waals surface area (Å²) < 4.78 is 5.04. The normalized spacial score (nSPS) is 11.4. The first-order chi connectivity index (χ1) is 11.1. The van der Waals surface area contributed by atoms with Crippen LogP contribution < -0.4 is 10.6 Å². The number of ether oxygens (including phenoxy) is 1. The lowest BCUT2D eigenvalue weighted by atomic mass is 9.97. The Morgan fingerprint density at radius 2 is 1.74 bits per heavy atom. The average molecular weight is 320 g/mol. The van der Waals surface area contributed by atoms with Crippen LogP contribution in [-0.2, 0) is 19.1 Å². The van der Waals surface area contributed by atoms with Crippen molar-refractivity contribution in [2.24, 2.45) is 0 Å². The van der Waals surface area contributed by atoms with E-state index in [0.29, 0.717) is 13.0 Å². The van der Waals surface area contributed by atoms with Gasteiger partial charge in [-0.1, -0.05) is 44.2 Å². The number of hydrogen-bond donors (Lipinski definition) is 2. The molecule has 0 bridgehead atoms. The van der Waals surface area contributed by atoms with E-state index in [1.54, 1.807) is 0 Å². The Morgan fingerprint density at radius 1 is 1.04 bits per heavy atom. The molecule has 6 heteroatoms. The van der Waals surface area contributed by atoms with Crippen molar-refractivity contribution in [3.63, 3.8) is 0 Å². The molecule has 0 heterocycles. The van der Waals surface area contributed by atoms with Gasteiger partial charge >= 0.3 is 5.97 Å². The van der Waals surface area contributed by atoms with E-state index in [4.69, 9.17) is 4.74 Å². The Morgan fingerprint density at radius 3 is 2.35 bits per heavy atom. The highest BCUT2D eigenvalue weighted by Crippen LogP contribution is 2.20. The van der Waals surface area contributed by atoms with Gasteiger partial charge in [0, 0.05) is 6.54 Å². The first kappa shape index (κ1) is 18.7. The number of amides is 2. The Bertz CT molecular complexity index is 517. The summed E-state index contributed by atoms with van der Waals surface area (Å²) >= 11 is 0. The molecule has 0 saturated carbocycles. The topological polar surface area (TPSA) is 84.5 Å². The van der Waals surface area contributed by atoms with Crippen LogP contribution in [-0.4, -0.2) is 37.5 Å². The van der Waals surface area contributed by atoms with Crippen molar-refractivity contribution in [2.45, 2.75) is 32.6 Å². The van der Waals surface area contributed by atoms with Gasteiger partial charge < -0.3 is 15.4 Å². The monoisotopic (exact) mass is 320 g/mol. The number of carbonyl (C=O) groups is 3. The van der Waals surface area contributed by atoms with Gasteiger partial charge in [0.2, 0.25) is 5.91 Å². The summed E-state index contributed by atoms with van der Waals surface area (Å²) in [6, 6.07) is 9.29. The third-order valence-electron chi connectivity index (χ3n) is 3.26. The van der Waals surface area contributed by atoms with E-state index in [0.717, 1.165) is 12.0 Å². The predicted octanol–water partition coefficient (Wildman–Crippen LogP) is 1.37. The molecule has 0 fully saturated rings. The van der Waals surface area contributed by atoms with Gasteiger partial charge in [-0.25, -0.2) is 0 Å². The summed E-state index contributed by atoms with van der Waals surface area (Å²) in [7, 11) is 0. The predicted molar refractivity (Wildman–Crippen MR) is 86.7 cm³/mol. The molecule has 0 saturated heterocycles. The quantitative estimate of drug-likeness (QED) is 0.673. The summed E-state index contributed by atoms with van der Waals surface area (Å²) in [5.41, 5.74) is 0.861. The van der Waals surface area contributed by atoms with Crippen molar-refractivity contribution < 1.29 is 19.1 Å². The molecule has 0 radical (unpaired) electrons. The molecule has 6 nitrogen and oxygen atoms in total. The summed E-state index contributed by atoms with van der Waals surface area (Å²) in [5, 5.41) is 5.06. The maximum atomic E-state index is 12.1. The highest BCUT2D eigenvalue weighted by Gasteiger charge is 2.20. The van der Waals surface area contributed by atoms with E-state index in [1.807, 2.05) is 44.2 Å². The molecule has 0 aromatic heterocycles. The fourth-order valence-corrected chi connectivity index (χ4v) is 2.02. The van der Waals surface area contributed by atoms with Crippen LogP contribution in [0.15, 0.2) is 30.3 Å². The lowest BCUT2D eigenvalue weighted by Crippen LogP contribution is -2.39. The molecule has 0 unspecified atom stereocenters. The van der Waals surface area contributed by atoms with E-state index < -0.39 is 17.8 Å². The molecule has 23 heavy (non-hydrogen) atoms. The summed E-state index contributed by atoms with van der Waals surface area (Å²) in [6.07, 6.45) is 1.42. The van der Waals surface area contributed by atoms with Crippen molar-refractivity contribution in [1.29, 1.82) is 0 Å². The van der Waals surface area contributed by atoms with Crippen molar-refractivity contribution in [3.8, 4) is 0 Å². The molecule has 0 aliphatic rings. The maximum Gasteiger partial charge on any atom is 0.313 e. The van der Waals surface area contributed by atoms with Crippen molar-refractivity contribution in [1.82, 2.24) is 10.6 Å². The third kappa shape index (κ3) is 6.95. The molecule has 2 N–H and O–H groups in total. The Labute approximate surface area is 136 Å². The second-order valence-corrected chi connectivity index (χ2v) is 5.11. The second-order valence-electron chi connectivity index (χ2n) is 5.11. The van der Waals surface area contributed by atoms with Crippen molar-refractivity contribution in [2.75, 3.05) is 19.7 Å². The molecule has 2 amide bonds. The lowest BCUT2D eigenvalue weighted by Gasteiger charge is -2.14. The number of nitrogens with one attached hydrogen (secondary N) is 2. The number of rotatable bonds is 9. The van der Waals surface area contributed by atoms with Gasteiger partial charge in [0.1, 0.15) is 0 Å². The SMILES string of the molecule is CCCNC(=O)CNC(=O)COC(=O)[C@H](CC)c1ccccc1. The zero-order chi connectivity index (χ0) is 17.1. The first-order valence-corrected chi connectivity index (χ1v) is 7.83. The lowest BCUT2D eigenvalue weighted by molar-refractivity contribution is -0.150. The van der Waals surface area contributed by atoms with E-state index in [2.05, 4.69) is 10.6 Å². The van der Waals surface area contributed by atoms with Gasteiger partial charge in [0.05, 0.1) is 12.5 Å². The van der Waals surface area contributed by atoms with Gasteiger partial charge in [0.15, 0.2) is 6.61 Å². The summed E-state index contributed by atoms with van der Waals surface area (Å²) in [4.78, 5) is 35.0. The fourth-order valence-electron chi connectivity index (χ4n) is 2.02. The van der Waals surface area contributed by atoms with Crippen LogP contribution in [0.4, 0.5) is 0 Å². The number of benzene rings is 1. The minimum atomic E-state index is -0.493. The number of esters is 1. The number of carbonyl (C=O) groups excluding carboxylic acids is 3. The van der Waals surface area contributed by atoms with E-state index in [-0.39, 0.29) is 19.1 Å². The van der Waals surface area contributed by atoms with E-state index >= 15 is 0 Å². The number of hydrogen-bond acceptors (Lipinski definition) is 4. The Kier molecular flexibility index (Phi) is 8.42. The van der Waals surface area contributed by atoms with Gasteiger partial charge in [-0.2, -0.15) is 0 Å². The average Bonchev–Trinajstić information content (AvgIpc) is 2.57. The van der Waals surface area contributed by atoms with Crippen LogP contribution >= 0.6 is 0 Å². The second kappa shape index (κ2) is 10.4. The van der Waals surface area contributed by atoms with Gasteiger partial charge in [0.25, 0.3) is 5.91 Å². The largest absolute Gasteiger partial charge is 0.455 e. The first-order valence-electron chi connectivity index (χ1n) is 7.83. The maximum absolute atomic E-state index is 12.1. The van der Waals surface area contributed by atoms with Crippen molar-refractivity contribution >= 4 is 17.8 Å². The molecule has 0 spiro atoms. The molecule has 1 aromatic carbocycles. The Balaban J connectivity index is 2.37. The minimum absolute atomic E-state index is 0.119. The minimum Gasteiger partial charge on any atom is -0.455 e. The van der Waals surface area contributed by atoms with Crippen LogP contribution in [0.25, 0.3) is 0 Å². The zero-order valence-corrected chi connectivity index (χ0v) is 13.6.